The van der Waals surface area contributed by atoms with Crippen LogP contribution >= 0.6 is 0 Å². The number of hydrogen-bond acceptors (Lipinski definition) is 4. The third-order valence-corrected chi connectivity index (χ3v) is 5.71. The van der Waals surface area contributed by atoms with E-state index in [1.165, 1.54) is 0 Å². The maximum absolute atomic E-state index is 11.8. The van der Waals surface area contributed by atoms with Crippen LogP contribution in [-0.2, 0) is 18.1 Å². The first-order chi connectivity index (χ1) is 8.46. The van der Waals surface area contributed by atoms with Gasteiger partial charge in [0, 0.05) is 46.0 Å². The molecule has 0 heterocycles. The highest BCUT2D eigenvalue weighted by molar-refractivity contribution is 6.60. The minimum Gasteiger partial charge on any atom is -0.377 e. The summed E-state index contributed by atoms with van der Waals surface area (Å²) in [5, 5.41) is 0. The molecular formula is C12H25NO4Si. The zero-order valence-electron chi connectivity index (χ0n) is 12.1. The third-order valence-electron chi connectivity index (χ3n) is 2.88. The van der Waals surface area contributed by atoms with Crippen molar-refractivity contribution < 1.29 is 18.1 Å². The number of hydrogen-bond donors (Lipinski definition) is 0. The molecule has 0 atom stereocenters. The van der Waals surface area contributed by atoms with Gasteiger partial charge in [-0.1, -0.05) is 6.58 Å². The molecule has 0 aliphatic rings. The SMILES string of the molecule is C=C(C)C(=O)N(CC)CCC[Si](OC)(OC)OC. The van der Waals surface area contributed by atoms with Crippen molar-refractivity contribution in [3.8, 4) is 0 Å². The molecule has 0 saturated carbocycles. The molecule has 0 rings (SSSR count). The lowest BCUT2D eigenvalue weighted by Crippen LogP contribution is -2.43. The Morgan fingerprint density at radius 1 is 1.22 bits per heavy atom. The van der Waals surface area contributed by atoms with Crippen LogP contribution in [0.5, 0.6) is 0 Å². The van der Waals surface area contributed by atoms with Crippen LogP contribution in [0.3, 0.4) is 0 Å². The summed E-state index contributed by atoms with van der Waals surface area (Å²) < 4.78 is 16.0. The molecule has 0 saturated heterocycles. The fourth-order valence-corrected chi connectivity index (χ4v) is 3.42. The van der Waals surface area contributed by atoms with Gasteiger partial charge >= 0.3 is 8.80 Å². The van der Waals surface area contributed by atoms with Crippen LogP contribution in [0.15, 0.2) is 12.2 Å². The molecule has 0 aromatic carbocycles. The van der Waals surface area contributed by atoms with Crippen LogP contribution in [-0.4, -0.2) is 54.0 Å². The minimum absolute atomic E-state index is 0.00276. The van der Waals surface area contributed by atoms with Gasteiger partial charge in [-0.2, -0.15) is 0 Å². The van der Waals surface area contributed by atoms with E-state index in [0.29, 0.717) is 24.7 Å². The van der Waals surface area contributed by atoms with Crippen LogP contribution in [0.1, 0.15) is 20.3 Å². The van der Waals surface area contributed by atoms with E-state index in [2.05, 4.69) is 6.58 Å². The van der Waals surface area contributed by atoms with Crippen molar-refractivity contribution in [2.45, 2.75) is 26.3 Å². The zero-order chi connectivity index (χ0) is 14.2. The molecule has 0 aliphatic heterocycles. The molecule has 0 unspecified atom stereocenters. The Balaban J connectivity index is 4.30. The quantitative estimate of drug-likeness (QED) is 0.474. The van der Waals surface area contributed by atoms with Crippen molar-refractivity contribution in [1.29, 1.82) is 0 Å². The molecule has 0 spiro atoms. The molecule has 6 heteroatoms. The smallest absolute Gasteiger partial charge is 0.377 e. The van der Waals surface area contributed by atoms with E-state index < -0.39 is 8.80 Å². The first kappa shape index (κ1) is 17.3. The van der Waals surface area contributed by atoms with Crippen LogP contribution in [0.2, 0.25) is 6.04 Å². The van der Waals surface area contributed by atoms with Crippen LogP contribution in [0.25, 0.3) is 0 Å². The zero-order valence-corrected chi connectivity index (χ0v) is 13.1. The second kappa shape index (κ2) is 8.42. The van der Waals surface area contributed by atoms with Gasteiger partial charge in [0.25, 0.3) is 0 Å². The Hall–Kier alpha value is -0.693. The van der Waals surface area contributed by atoms with Crippen LogP contribution in [0.4, 0.5) is 0 Å². The predicted molar refractivity (Wildman–Crippen MR) is 73.3 cm³/mol. The number of likely N-dealkylation sites (N-methyl/N-ethyl adjacent to an activating group) is 1. The topological polar surface area (TPSA) is 48.0 Å². The van der Waals surface area contributed by atoms with Gasteiger partial charge in [0.2, 0.25) is 5.91 Å². The number of carbonyl (C=O) groups is 1. The highest BCUT2D eigenvalue weighted by Gasteiger charge is 2.37. The highest BCUT2D eigenvalue weighted by atomic mass is 28.4. The molecule has 0 fully saturated rings. The van der Waals surface area contributed by atoms with Crippen molar-refractivity contribution in [2.75, 3.05) is 34.4 Å². The van der Waals surface area contributed by atoms with Crippen molar-refractivity contribution in [1.82, 2.24) is 4.90 Å². The fraction of sp³-hybridized carbons (Fsp3) is 0.750. The Morgan fingerprint density at radius 2 is 1.72 bits per heavy atom. The van der Waals surface area contributed by atoms with Gasteiger partial charge < -0.3 is 18.2 Å². The maximum atomic E-state index is 11.8. The van der Waals surface area contributed by atoms with Crippen molar-refractivity contribution in [3.63, 3.8) is 0 Å². The number of amides is 1. The highest BCUT2D eigenvalue weighted by Crippen LogP contribution is 2.15. The van der Waals surface area contributed by atoms with Crippen molar-refractivity contribution >= 4 is 14.7 Å². The Kier molecular flexibility index (Phi) is 8.09. The Bertz CT molecular complexity index is 271. The summed E-state index contributed by atoms with van der Waals surface area (Å²) in [5.74, 6) is -0.00276. The van der Waals surface area contributed by atoms with Crippen molar-refractivity contribution in [3.05, 3.63) is 12.2 Å². The van der Waals surface area contributed by atoms with E-state index in [4.69, 9.17) is 13.3 Å². The summed E-state index contributed by atoms with van der Waals surface area (Å²) >= 11 is 0. The first-order valence-electron chi connectivity index (χ1n) is 6.06. The predicted octanol–water partition coefficient (Wildman–Crippen LogP) is 1.68. The average molecular weight is 275 g/mol. The monoisotopic (exact) mass is 275 g/mol. The van der Waals surface area contributed by atoms with Gasteiger partial charge in [0.05, 0.1) is 0 Å². The number of carbonyl (C=O) groups excluding carboxylic acids is 1. The summed E-state index contributed by atoms with van der Waals surface area (Å²) in [6.45, 7) is 8.68. The standard InChI is InChI=1S/C12H25NO4Si/c1-7-13(12(14)11(2)3)9-8-10-18(15-4,16-5)17-6/h2,7-10H2,1,3-6H3. The van der Waals surface area contributed by atoms with Gasteiger partial charge in [-0.15, -0.1) is 0 Å². The molecule has 1 amide bonds. The second-order valence-corrected chi connectivity index (χ2v) is 7.15. The normalized spacial score (nSPS) is 11.4. The van der Waals surface area contributed by atoms with Crippen LogP contribution in [0, 0.1) is 0 Å². The average Bonchev–Trinajstić information content (AvgIpc) is 2.39. The minimum atomic E-state index is -2.52. The molecule has 106 valence electrons. The van der Waals surface area contributed by atoms with Gasteiger partial charge in [-0.05, 0) is 20.3 Å². The van der Waals surface area contributed by atoms with E-state index >= 15 is 0 Å². The summed E-state index contributed by atoms with van der Waals surface area (Å²) in [6, 6.07) is 0.691. The van der Waals surface area contributed by atoms with E-state index in [1.807, 2.05) is 6.92 Å². The lowest BCUT2D eigenvalue weighted by atomic mass is 10.3. The van der Waals surface area contributed by atoms with Gasteiger partial charge in [0.1, 0.15) is 0 Å². The molecule has 0 N–H and O–H groups in total. The van der Waals surface area contributed by atoms with Gasteiger partial charge in [-0.25, -0.2) is 0 Å². The largest absolute Gasteiger partial charge is 0.500 e. The second-order valence-electron chi connectivity index (χ2n) is 4.06. The van der Waals surface area contributed by atoms with E-state index in [1.54, 1.807) is 33.2 Å². The summed E-state index contributed by atoms with van der Waals surface area (Å²) in [7, 11) is 2.26. The molecule has 0 aliphatic carbocycles. The molecule has 0 bridgehead atoms. The summed E-state index contributed by atoms with van der Waals surface area (Å²) in [6.07, 6.45) is 0.786. The maximum Gasteiger partial charge on any atom is 0.500 e. The van der Waals surface area contributed by atoms with E-state index in [-0.39, 0.29) is 5.91 Å². The van der Waals surface area contributed by atoms with Crippen molar-refractivity contribution in [2.24, 2.45) is 0 Å². The molecular weight excluding hydrogens is 250 g/mol. The fourth-order valence-electron chi connectivity index (χ4n) is 1.72. The summed E-state index contributed by atoms with van der Waals surface area (Å²) in [4.78, 5) is 13.5. The number of nitrogens with zero attached hydrogens (tertiary/aromatic N) is 1. The van der Waals surface area contributed by atoms with Gasteiger partial charge in [0.15, 0.2) is 0 Å². The third kappa shape index (κ3) is 4.89. The molecule has 0 radical (unpaired) electrons. The van der Waals surface area contributed by atoms with E-state index in [0.717, 1.165) is 6.42 Å². The van der Waals surface area contributed by atoms with E-state index in [9.17, 15) is 4.79 Å². The lowest BCUT2D eigenvalue weighted by Gasteiger charge is -2.26. The molecule has 0 aromatic rings. The van der Waals surface area contributed by atoms with Gasteiger partial charge in [-0.3, -0.25) is 4.79 Å². The Labute approximate surface area is 111 Å². The molecule has 5 nitrogen and oxygen atoms in total. The van der Waals surface area contributed by atoms with Crippen LogP contribution < -0.4 is 0 Å². The molecule has 18 heavy (non-hydrogen) atoms. The first-order valence-corrected chi connectivity index (χ1v) is 7.99. The number of rotatable bonds is 9. The lowest BCUT2D eigenvalue weighted by molar-refractivity contribution is -0.126. The molecule has 0 aromatic heterocycles. The summed E-state index contributed by atoms with van der Waals surface area (Å²) in [5.41, 5.74) is 0.561. The Morgan fingerprint density at radius 3 is 2.06 bits per heavy atom.